The van der Waals surface area contributed by atoms with Crippen LogP contribution in [0.25, 0.3) is 0 Å². The van der Waals surface area contributed by atoms with Crippen LogP contribution >= 0.6 is 11.6 Å². The molecule has 0 unspecified atom stereocenters. The molecule has 2 rings (SSSR count). The summed E-state index contributed by atoms with van der Waals surface area (Å²) < 4.78 is 5.32. The molecule has 1 N–H and O–H groups in total. The molecule has 2 aromatic carbocycles. The maximum absolute atomic E-state index is 12.4. The van der Waals surface area contributed by atoms with E-state index in [1.165, 1.54) is 0 Å². The molecule has 0 saturated carbocycles. The van der Waals surface area contributed by atoms with Gasteiger partial charge in [0.15, 0.2) is 0 Å². The lowest BCUT2D eigenvalue weighted by atomic mass is 10.0. The maximum Gasteiger partial charge on any atom is 0.329 e. The van der Waals surface area contributed by atoms with E-state index in [9.17, 15) is 9.59 Å². The Morgan fingerprint density at radius 3 is 2.38 bits per heavy atom. The van der Waals surface area contributed by atoms with Crippen molar-refractivity contribution in [3.05, 3.63) is 70.2 Å². The second-order valence-corrected chi connectivity index (χ2v) is 6.50. The Bertz CT molecular complexity index is 826. The van der Waals surface area contributed by atoms with E-state index < -0.39 is 17.9 Å². The third-order valence-corrected chi connectivity index (χ3v) is 4.12. The Morgan fingerprint density at radius 1 is 1.15 bits per heavy atom. The van der Waals surface area contributed by atoms with Crippen molar-refractivity contribution in [3.63, 3.8) is 0 Å². The summed E-state index contributed by atoms with van der Waals surface area (Å²) >= 11 is 6.03. The van der Waals surface area contributed by atoms with Crippen LogP contribution in [0.4, 0.5) is 0 Å². The summed E-state index contributed by atoms with van der Waals surface area (Å²) in [5.41, 5.74) is 1.60. The molecule has 0 aliphatic rings. The summed E-state index contributed by atoms with van der Waals surface area (Å²) in [6.07, 6.45) is 0. The SMILES string of the molecule is CC(C)[C@H](NC(=O)c1ccccc1Cl)C(=O)OCc1ccc(C#N)cc1. The molecule has 2 aromatic rings. The highest BCUT2D eigenvalue weighted by molar-refractivity contribution is 6.33. The van der Waals surface area contributed by atoms with Crippen molar-refractivity contribution in [2.45, 2.75) is 26.5 Å². The minimum Gasteiger partial charge on any atom is -0.459 e. The van der Waals surface area contributed by atoms with Crippen LogP contribution in [0.5, 0.6) is 0 Å². The number of ether oxygens (including phenoxy) is 1. The van der Waals surface area contributed by atoms with Gasteiger partial charge in [0.1, 0.15) is 12.6 Å². The van der Waals surface area contributed by atoms with Crippen molar-refractivity contribution in [3.8, 4) is 6.07 Å². The van der Waals surface area contributed by atoms with E-state index in [0.717, 1.165) is 5.56 Å². The fourth-order valence-electron chi connectivity index (χ4n) is 2.28. The van der Waals surface area contributed by atoms with Gasteiger partial charge in [-0.1, -0.05) is 49.7 Å². The zero-order valence-corrected chi connectivity index (χ0v) is 15.3. The summed E-state index contributed by atoms with van der Waals surface area (Å²) in [5, 5.41) is 11.8. The average molecular weight is 371 g/mol. The molecule has 0 spiro atoms. The van der Waals surface area contributed by atoms with Crippen molar-refractivity contribution in [2.75, 3.05) is 0 Å². The van der Waals surface area contributed by atoms with Gasteiger partial charge in [-0.3, -0.25) is 4.79 Å². The van der Waals surface area contributed by atoms with Gasteiger partial charge in [-0.25, -0.2) is 4.79 Å². The second-order valence-electron chi connectivity index (χ2n) is 6.09. The van der Waals surface area contributed by atoms with Crippen LogP contribution in [0.2, 0.25) is 5.02 Å². The van der Waals surface area contributed by atoms with Gasteiger partial charge in [-0.2, -0.15) is 5.26 Å². The number of carbonyl (C=O) groups is 2. The third-order valence-electron chi connectivity index (χ3n) is 3.79. The number of hydrogen-bond acceptors (Lipinski definition) is 4. The van der Waals surface area contributed by atoms with Crippen LogP contribution in [-0.4, -0.2) is 17.9 Å². The van der Waals surface area contributed by atoms with Gasteiger partial charge < -0.3 is 10.1 Å². The van der Waals surface area contributed by atoms with Crippen LogP contribution in [0.1, 0.15) is 35.3 Å². The highest BCUT2D eigenvalue weighted by atomic mass is 35.5. The fraction of sp³-hybridized carbons (Fsp3) is 0.250. The molecule has 0 heterocycles. The maximum atomic E-state index is 12.4. The topological polar surface area (TPSA) is 79.2 Å². The molecule has 134 valence electrons. The van der Waals surface area contributed by atoms with Crippen molar-refractivity contribution in [2.24, 2.45) is 5.92 Å². The standard InChI is InChI=1S/C20H19ClN2O3/c1-13(2)18(23-19(24)16-5-3-4-6-17(16)21)20(25)26-12-15-9-7-14(11-22)8-10-15/h3-10,13,18H,12H2,1-2H3,(H,23,24)/t18-/m0/s1. The average Bonchev–Trinajstić information content (AvgIpc) is 2.64. The molecular weight excluding hydrogens is 352 g/mol. The van der Waals surface area contributed by atoms with E-state index in [1.807, 2.05) is 19.9 Å². The number of nitrogens with zero attached hydrogens (tertiary/aromatic N) is 1. The van der Waals surface area contributed by atoms with E-state index in [-0.39, 0.29) is 12.5 Å². The quantitative estimate of drug-likeness (QED) is 0.786. The highest BCUT2D eigenvalue weighted by Crippen LogP contribution is 2.16. The zero-order chi connectivity index (χ0) is 19.1. The van der Waals surface area contributed by atoms with Crippen LogP contribution in [0.3, 0.4) is 0 Å². The Kier molecular flexibility index (Phi) is 6.76. The van der Waals surface area contributed by atoms with E-state index in [2.05, 4.69) is 5.32 Å². The van der Waals surface area contributed by atoms with E-state index in [0.29, 0.717) is 16.1 Å². The Labute approximate surface area is 157 Å². The van der Waals surface area contributed by atoms with Gasteiger partial charge in [-0.05, 0) is 35.7 Å². The molecule has 0 aliphatic heterocycles. The molecule has 5 nitrogen and oxygen atoms in total. The number of nitriles is 1. The first-order chi connectivity index (χ1) is 12.4. The highest BCUT2D eigenvalue weighted by Gasteiger charge is 2.26. The van der Waals surface area contributed by atoms with Gasteiger partial charge in [0.2, 0.25) is 0 Å². The number of rotatable bonds is 6. The predicted molar refractivity (Wildman–Crippen MR) is 98.5 cm³/mol. The molecule has 0 fully saturated rings. The van der Waals surface area contributed by atoms with Crippen molar-refractivity contribution < 1.29 is 14.3 Å². The van der Waals surface area contributed by atoms with Crippen LogP contribution in [0.15, 0.2) is 48.5 Å². The molecule has 1 amide bonds. The lowest BCUT2D eigenvalue weighted by molar-refractivity contribution is -0.148. The van der Waals surface area contributed by atoms with Crippen molar-refractivity contribution in [1.82, 2.24) is 5.32 Å². The molecule has 26 heavy (non-hydrogen) atoms. The molecule has 0 radical (unpaired) electrons. The number of amides is 1. The van der Waals surface area contributed by atoms with Gasteiger partial charge in [0.05, 0.1) is 22.2 Å². The Balaban J connectivity index is 2.01. The van der Waals surface area contributed by atoms with Crippen LogP contribution in [0, 0.1) is 17.2 Å². The summed E-state index contributed by atoms with van der Waals surface area (Å²) in [5.74, 6) is -1.11. The number of carbonyl (C=O) groups excluding carboxylic acids is 2. The number of esters is 1. The summed E-state index contributed by atoms with van der Waals surface area (Å²) in [6, 6.07) is 14.6. The van der Waals surface area contributed by atoms with E-state index >= 15 is 0 Å². The largest absolute Gasteiger partial charge is 0.459 e. The lowest BCUT2D eigenvalue weighted by Crippen LogP contribution is -2.45. The van der Waals surface area contributed by atoms with Gasteiger partial charge in [0.25, 0.3) is 5.91 Å². The minimum atomic E-state index is -0.794. The lowest BCUT2D eigenvalue weighted by Gasteiger charge is -2.21. The van der Waals surface area contributed by atoms with Gasteiger partial charge >= 0.3 is 5.97 Å². The fourth-order valence-corrected chi connectivity index (χ4v) is 2.50. The van der Waals surface area contributed by atoms with E-state index in [1.54, 1.807) is 48.5 Å². The molecule has 0 saturated heterocycles. The smallest absolute Gasteiger partial charge is 0.329 e. The molecule has 0 bridgehead atoms. The summed E-state index contributed by atoms with van der Waals surface area (Å²) in [7, 11) is 0. The summed E-state index contributed by atoms with van der Waals surface area (Å²) in [4.78, 5) is 24.8. The van der Waals surface area contributed by atoms with Gasteiger partial charge in [-0.15, -0.1) is 0 Å². The number of nitrogens with one attached hydrogen (secondary N) is 1. The van der Waals surface area contributed by atoms with E-state index in [4.69, 9.17) is 21.6 Å². The zero-order valence-electron chi connectivity index (χ0n) is 14.5. The minimum absolute atomic E-state index is 0.0652. The molecule has 1 atom stereocenters. The van der Waals surface area contributed by atoms with Crippen LogP contribution < -0.4 is 5.32 Å². The second kappa shape index (κ2) is 9.02. The van der Waals surface area contributed by atoms with Crippen LogP contribution in [-0.2, 0) is 16.1 Å². The molecule has 6 heteroatoms. The van der Waals surface area contributed by atoms with Gasteiger partial charge in [0, 0.05) is 0 Å². The number of halogens is 1. The first-order valence-corrected chi connectivity index (χ1v) is 8.51. The predicted octanol–water partition coefficient (Wildman–Crippen LogP) is 3.71. The van der Waals surface area contributed by atoms with Crippen molar-refractivity contribution >= 4 is 23.5 Å². The third kappa shape index (κ3) is 5.08. The molecule has 0 aromatic heterocycles. The normalized spacial score (nSPS) is 11.5. The first kappa shape index (κ1) is 19.5. The van der Waals surface area contributed by atoms with Crippen molar-refractivity contribution in [1.29, 1.82) is 5.26 Å². The monoisotopic (exact) mass is 370 g/mol. The number of benzene rings is 2. The molecular formula is C20H19ClN2O3. The number of hydrogen-bond donors (Lipinski definition) is 1. The Hall–Kier alpha value is -2.84. The summed E-state index contributed by atoms with van der Waals surface area (Å²) in [6.45, 7) is 3.71. The first-order valence-electron chi connectivity index (χ1n) is 8.13. The Morgan fingerprint density at radius 2 is 1.81 bits per heavy atom. The molecule has 0 aliphatic carbocycles.